The van der Waals surface area contributed by atoms with E-state index in [2.05, 4.69) is 48.0 Å². The number of aryl methyl sites for hydroxylation is 2. The fourth-order valence-corrected chi connectivity index (χ4v) is 5.30. The molecule has 4 heteroatoms. The highest BCUT2D eigenvalue weighted by Crippen LogP contribution is 2.32. The third-order valence-corrected chi connectivity index (χ3v) is 7.50. The Morgan fingerprint density at radius 3 is 2.37 bits per heavy atom. The van der Waals surface area contributed by atoms with Crippen molar-refractivity contribution < 1.29 is 8.78 Å². The van der Waals surface area contributed by atoms with Crippen molar-refractivity contribution in [3.63, 3.8) is 0 Å². The number of hydrogen-bond acceptors (Lipinski definition) is 2. The van der Waals surface area contributed by atoms with E-state index in [-0.39, 0.29) is 5.56 Å². The molecule has 3 aromatic carbocycles. The minimum Gasteiger partial charge on any atom is -0.206 e. The van der Waals surface area contributed by atoms with Crippen molar-refractivity contribution in [1.29, 1.82) is 0 Å². The molecular weight excluding hydrogens is 474 g/mol. The van der Waals surface area contributed by atoms with Crippen LogP contribution in [-0.2, 0) is 25.7 Å². The molecule has 38 heavy (non-hydrogen) atoms. The molecular formula is C34H38F2N2. The normalized spacial score (nSPS) is 14.8. The summed E-state index contributed by atoms with van der Waals surface area (Å²) in [5.41, 5.74) is 5.91. The van der Waals surface area contributed by atoms with Crippen LogP contribution in [0.4, 0.5) is 20.2 Å². The summed E-state index contributed by atoms with van der Waals surface area (Å²) in [5, 5.41) is 8.79. The minimum atomic E-state index is -0.564. The van der Waals surface area contributed by atoms with Crippen LogP contribution in [0.15, 0.2) is 58.8 Å². The maximum absolute atomic E-state index is 15.3. The van der Waals surface area contributed by atoms with Crippen molar-refractivity contribution in [3.8, 4) is 11.8 Å². The van der Waals surface area contributed by atoms with Crippen LogP contribution >= 0.6 is 0 Å². The molecule has 0 N–H and O–H groups in total. The summed E-state index contributed by atoms with van der Waals surface area (Å²) in [4.78, 5) is 0. The van der Waals surface area contributed by atoms with Gasteiger partial charge in [-0.05, 0) is 103 Å². The summed E-state index contributed by atoms with van der Waals surface area (Å²) >= 11 is 0. The van der Waals surface area contributed by atoms with Gasteiger partial charge in [-0.2, -0.15) is 10.2 Å². The van der Waals surface area contributed by atoms with E-state index in [0.717, 1.165) is 66.6 Å². The van der Waals surface area contributed by atoms with E-state index >= 15 is 4.39 Å². The summed E-state index contributed by atoms with van der Waals surface area (Å²) in [5.74, 6) is 5.30. The standard InChI is InChI=1S/C34H38F2N2/c1-4-7-8-10-24-11-16-29(17-12-24)37-38-30-18-14-27(26(6-3)22-30)15-20-32-33(35)23-28-21-25(9-5-2)13-19-31(28)34(32)36/h11-12,14,16-18,22-23,25H,4-10,13,19,21H2,1-3H3. The third kappa shape index (κ3) is 6.95. The van der Waals surface area contributed by atoms with Gasteiger partial charge in [-0.3, -0.25) is 0 Å². The first-order valence-electron chi connectivity index (χ1n) is 14.2. The van der Waals surface area contributed by atoms with Gasteiger partial charge in [-0.25, -0.2) is 8.78 Å². The first-order valence-corrected chi connectivity index (χ1v) is 14.2. The van der Waals surface area contributed by atoms with Crippen molar-refractivity contribution in [2.75, 3.05) is 0 Å². The Hall–Kier alpha value is -3.32. The van der Waals surface area contributed by atoms with E-state index in [1.807, 2.05) is 37.3 Å². The molecule has 0 aromatic heterocycles. The third-order valence-electron chi connectivity index (χ3n) is 7.50. The molecule has 0 saturated carbocycles. The lowest BCUT2D eigenvalue weighted by molar-refractivity contribution is 0.411. The molecule has 0 spiro atoms. The Morgan fingerprint density at radius 1 is 0.868 bits per heavy atom. The van der Waals surface area contributed by atoms with Crippen LogP contribution < -0.4 is 0 Å². The number of hydrogen-bond donors (Lipinski definition) is 0. The van der Waals surface area contributed by atoms with Gasteiger partial charge in [0, 0.05) is 5.56 Å². The zero-order chi connectivity index (χ0) is 26.9. The van der Waals surface area contributed by atoms with Crippen molar-refractivity contribution in [2.45, 2.75) is 85.0 Å². The maximum Gasteiger partial charge on any atom is 0.145 e. The summed E-state index contributed by atoms with van der Waals surface area (Å²) in [6.45, 7) is 6.40. The van der Waals surface area contributed by atoms with Crippen LogP contribution in [-0.4, -0.2) is 0 Å². The van der Waals surface area contributed by atoms with Crippen LogP contribution in [0.3, 0.4) is 0 Å². The Kier molecular flexibility index (Phi) is 9.82. The highest BCUT2D eigenvalue weighted by molar-refractivity contribution is 5.54. The average Bonchev–Trinajstić information content (AvgIpc) is 2.93. The number of nitrogens with zero attached hydrogens (tertiary/aromatic N) is 2. The van der Waals surface area contributed by atoms with Gasteiger partial charge in [0.2, 0.25) is 0 Å². The van der Waals surface area contributed by atoms with E-state index < -0.39 is 11.6 Å². The highest BCUT2D eigenvalue weighted by Gasteiger charge is 2.24. The molecule has 0 aliphatic heterocycles. The molecule has 1 unspecified atom stereocenters. The second-order valence-electron chi connectivity index (χ2n) is 10.4. The number of azo groups is 1. The number of unbranched alkanes of at least 4 members (excludes halogenated alkanes) is 2. The second kappa shape index (κ2) is 13.5. The first kappa shape index (κ1) is 27.7. The zero-order valence-corrected chi connectivity index (χ0v) is 22.9. The predicted molar refractivity (Wildman–Crippen MR) is 152 cm³/mol. The molecule has 0 saturated heterocycles. The Labute approximate surface area is 226 Å². The highest BCUT2D eigenvalue weighted by atomic mass is 19.1. The Bertz CT molecular complexity index is 1330. The lowest BCUT2D eigenvalue weighted by atomic mass is 9.81. The van der Waals surface area contributed by atoms with Gasteiger partial charge >= 0.3 is 0 Å². The van der Waals surface area contributed by atoms with Gasteiger partial charge in [0.25, 0.3) is 0 Å². The van der Waals surface area contributed by atoms with Crippen LogP contribution in [0.25, 0.3) is 0 Å². The van der Waals surface area contributed by atoms with Crippen molar-refractivity contribution in [3.05, 3.63) is 93.5 Å². The van der Waals surface area contributed by atoms with Gasteiger partial charge in [0.1, 0.15) is 11.6 Å². The monoisotopic (exact) mass is 512 g/mol. The van der Waals surface area contributed by atoms with Crippen LogP contribution in [0.1, 0.15) is 92.7 Å². The summed E-state index contributed by atoms with van der Waals surface area (Å²) in [6, 6.07) is 15.4. The fraction of sp³-hybridized carbons (Fsp3) is 0.412. The molecule has 0 heterocycles. The van der Waals surface area contributed by atoms with E-state index in [1.165, 1.54) is 30.9 Å². The minimum absolute atomic E-state index is 0.123. The smallest absolute Gasteiger partial charge is 0.145 e. The summed E-state index contributed by atoms with van der Waals surface area (Å²) < 4.78 is 30.2. The van der Waals surface area contributed by atoms with Gasteiger partial charge in [-0.1, -0.05) is 70.4 Å². The number of halogens is 2. The largest absolute Gasteiger partial charge is 0.206 e. The molecule has 0 amide bonds. The topological polar surface area (TPSA) is 24.7 Å². The lowest BCUT2D eigenvalue weighted by Gasteiger charge is -2.25. The molecule has 0 fully saturated rings. The molecule has 198 valence electrons. The van der Waals surface area contributed by atoms with Gasteiger partial charge < -0.3 is 0 Å². The maximum atomic E-state index is 15.3. The van der Waals surface area contributed by atoms with Gasteiger partial charge in [-0.15, -0.1) is 0 Å². The van der Waals surface area contributed by atoms with Crippen LogP contribution in [0.5, 0.6) is 0 Å². The van der Waals surface area contributed by atoms with Gasteiger partial charge in [0.05, 0.1) is 16.9 Å². The molecule has 3 aromatic rings. The predicted octanol–water partition coefficient (Wildman–Crippen LogP) is 9.98. The zero-order valence-electron chi connectivity index (χ0n) is 22.9. The van der Waals surface area contributed by atoms with Crippen LogP contribution in [0, 0.1) is 29.4 Å². The van der Waals surface area contributed by atoms with E-state index in [1.54, 1.807) is 0 Å². The molecule has 4 rings (SSSR count). The van der Waals surface area contributed by atoms with E-state index in [4.69, 9.17) is 0 Å². The Balaban J connectivity index is 1.50. The van der Waals surface area contributed by atoms with Crippen molar-refractivity contribution in [1.82, 2.24) is 0 Å². The summed E-state index contributed by atoms with van der Waals surface area (Å²) in [7, 11) is 0. The number of fused-ring (bicyclic) bond motifs is 1. The average molecular weight is 513 g/mol. The Morgan fingerprint density at radius 2 is 1.63 bits per heavy atom. The SMILES string of the molecule is CCCCCc1ccc(N=Nc2ccc(C#Cc3c(F)cc4c(c3F)CCC(CCC)C4)c(CC)c2)cc1. The number of rotatable bonds is 9. The van der Waals surface area contributed by atoms with Crippen LogP contribution in [0.2, 0.25) is 0 Å². The van der Waals surface area contributed by atoms with Gasteiger partial charge in [0.15, 0.2) is 0 Å². The number of benzene rings is 3. The van der Waals surface area contributed by atoms with E-state index in [9.17, 15) is 4.39 Å². The summed E-state index contributed by atoms with van der Waals surface area (Å²) in [6.07, 6.45) is 10.1. The van der Waals surface area contributed by atoms with Crippen molar-refractivity contribution in [2.24, 2.45) is 16.1 Å². The lowest BCUT2D eigenvalue weighted by Crippen LogP contribution is -2.17. The molecule has 0 bridgehead atoms. The second-order valence-corrected chi connectivity index (χ2v) is 10.4. The molecule has 1 aliphatic rings. The molecule has 0 radical (unpaired) electrons. The van der Waals surface area contributed by atoms with E-state index in [0.29, 0.717) is 17.9 Å². The fourth-order valence-electron chi connectivity index (χ4n) is 5.30. The first-order chi connectivity index (χ1) is 18.5. The van der Waals surface area contributed by atoms with Crippen molar-refractivity contribution >= 4 is 11.4 Å². The molecule has 2 nitrogen and oxygen atoms in total. The quantitative estimate of drug-likeness (QED) is 0.155. The molecule has 1 aliphatic carbocycles. The molecule has 1 atom stereocenters.